The summed E-state index contributed by atoms with van der Waals surface area (Å²) in [5.74, 6) is 0. The van der Waals surface area contributed by atoms with Crippen LogP contribution in [0.1, 0.15) is 64.7 Å². The number of hydrogen-bond acceptors (Lipinski definition) is 1. The van der Waals surface area contributed by atoms with Gasteiger partial charge in [-0.1, -0.05) is 50.5 Å². The van der Waals surface area contributed by atoms with Gasteiger partial charge in [0.25, 0.3) is 0 Å². The fraction of sp³-hybridized carbons (Fsp3) is 0.733. The van der Waals surface area contributed by atoms with Crippen molar-refractivity contribution in [2.45, 2.75) is 64.7 Å². The van der Waals surface area contributed by atoms with E-state index < -0.39 is 0 Å². The van der Waals surface area contributed by atoms with E-state index >= 15 is 0 Å². The van der Waals surface area contributed by atoms with Gasteiger partial charge < -0.3 is 5.11 Å². The average molecular weight is 224 g/mol. The first kappa shape index (κ1) is 15.4. The topological polar surface area (TPSA) is 20.2 Å². The molecule has 0 aliphatic carbocycles. The van der Waals surface area contributed by atoms with Gasteiger partial charge in [-0.25, -0.2) is 0 Å². The third kappa shape index (κ3) is 13.4. The van der Waals surface area contributed by atoms with Gasteiger partial charge in [-0.15, -0.1) is 0 Å². The van der Waals surface area contributed by atoms with E-state index in [1.165, 1.54) is 32.1 Å². The lowest BCUT2D eigenvalue weighted by molar-refractivity contribution is 0.283. The van der Waals surface area contributed by atoms with Gasteiger partial charge >= 0.3 is 0 Å². The molecule has 0 spiro atoms. The molecular formula is C15H28O. The van der Waals surface area contributed by atoms with Crippen LogP contribution in [-0.2, 0) is 0 Å². The Labute approximate surface area is 101 Å². The second-order valence-corrected chi connectivity index (χ2v) is 4.25. The van der Waals surface area contributed by atoms with Gasteiger partial charge in [0.15, 0.2) is 0 Å². The third-order valence-corrected chi connectivity index (χ3v) is 2.61. The number of allylic oxidation sites excluding steroid dienone is 4. The van der Waals surface area contributed by atoms with Crippen LogP contribution in [0.5, 0.6) is 0 Å². The van der Waals surface area contributed by atoms with Gasteiger partial charge in [-0.3, -0.25) is 0 Å². The maximum Gasteiger partial charge on any atom is 0.0431 e. The summed E-state index contributed by atoms with van der Waals surface area (Å²) >= 11 is 0. The van der Waals surface area contributed by atoms with Crippen LogP contribution in [0, 0.1) is 0 Å². The van der Waals surface area contributed by atoms with E-state index in [0.29, 0.717) is 6.61 Å². The molecule has 0 radical (unpaired) electrons. The van der Waals surface area contributed by atoms with Crippen molar-refractivity contribution in [1.29, 1.82) is 0 Å². The molecule has 0 aromatic heterocycles. The van der Waals surface area contributed by atoms with E-state index in [0.717, 1.165) is 25.7 Å². The first-order chi connectivity index (χ1) is 7.91. The second kappa shape index (κ2) is 14.4. The first-order valence-electron chi connectivity index (χ1n) is 6.82. The molecule has 0 aliphatic heterocycles. The predicted octanol–water partition coefficient (Wildman–Crippen LogP) is 4.62. The standard InChI is InChI=1S/C15H28O/c1-2-3-4-5-6-7-8-9-10-11-12-13-14-15-16/h6-7,9-10,16H,2-5,8,11-15H2,1H3/b7-6+,10-9+. The maximum absolute atomic E-state index is 8.60. The Morgan fingerprint density at radius 1 is 0.750 bits per heavy atom. The quantitative estimate of drug-likeness (QED) is 0.401. The van der Waals surface area contributed by atoms with Crippen LogP contribution in [0.3, 0.4) is 0 Å². The molecule has 0 amide bonds. The number of aliphatic hydroxyl groups excluding tert-OH is 1. The smallest absolute Gasteiger partial charge is 0.0431 e. The average Bonchev–Trinajstić information content (AvgIpc) is 2.31. The molecule has 0 atom stereocenters. The minimum atomic E-state index is 0.338. The Kier molecular flexibility index (Phi) is 13.9. The predicted molar refractivity (Wildman–Crippen MR) is 72.6 cm³/mol. The molecule has 0 bridgehead atoms. The fourth-order valence-electron chi connectivity index (χ4n) is 1.57. The van der Waals surface area contributed by atoms with Gasteiger partial charge in [0.2, 0.25) is 0 Å². The molecule has 0 saturated carbocycles. The highest BCUT2D eigenvalue weighted by atomic mass is 16.2. The fourth-order valence-corrected chi connectivity index (χ4v) is 1.57. The van der Waals surface area contributed by atoms with Gasteiger partial charge in [0, 0.05) is 6.61 Å². The van der Waals surface area contributed by atoms with E-state index in [9.17, 15) is 0 Å². The zero-order valence-electron chi connectivity index (χ0n) is 10.8. The molecule has 1 heteroatoms. The van der Waals surface area contributed by atoms with Crippen molar-refractivity contribution in [3.63, 3.8) is 0 Å². The number of rotatable bonds is 11. The molecule has 0 aliphatic rings. The van der Waals surface area contributed by atoms with E-state index in [1.807, 2.05) is 0 Å². The van der Waals surface area contributed by atoms with Crippen LogP contribution < -0.4 is 0 Å². The number of aliphatic hydroxyl groups is 1. The van der Waals surface area contributed by atoms with Crippen LogP contribution in [0.15, 0.2) is 24.3 Å². The van der Waals surface area contributed by atoms with Crippen molar-refractivity contribution in [3.8, 4) is 0 Å². The largest absolute Gasteiger partial charge is 0.396 e. The lowest BCUT2D eigenvalue weighted by Gasteiger charge is -1.93. The van der Waals surface area contributed by atoms with Crippen molar-refractivity contribution in [2.75, 3.05) is 6.61 Å². The van der Waals surface area contributed by atoms with E-state index in [-0.39, 0.29) is 0 Å². The van der Waals surface area contributed by atoms with Crippen LogP contribution in [0.2, 0.25) is 0 Å². The van der Waals surface area contributed by atoms with E-state index in [4.69, 9.17) is 5.11 Å². The molecular weight excluding hydrogens is 196 g/mol. The summed E-state index contributed by atoms with van der Waals surface area (Å²) in [4.78, 5) is 0. The molecule has 16 heavy (non-hydrogen) atoms. The van der Waals surface area contributed by atoms with E-state index in [1.54, 1.807) is 0 Å². The number of unbranched alkanes of at least 4 members (excludes halogenated alkanes) is 6. The van der Waals surface area contributed by atoms with Gasteiger partial charge in [0.1, 0.15) is 0 Å². The van der Waals surface area contributed by atoms with Crippen LogP contribution >= 0.6 is 0 Å². The molecule has 1 N–H and O–H groups in total. The second-order valence-electron chi connectivity index (χ2n) is 4.25. The third-order valence-electron chi connectivity index (χ3n) is 2.61. The summed E-state index contributed by atoms with van der Waals surface area (Å²) in [6, 6.07) is 0. The Morgan fingerprint density at radius 2 is 1.38 bits per heavy atom. The SMILES string of the molecule is CCCCC/C=C/C/C=C/CCCCCO. The molecule has 0 unspecified atom stereocenters. The maximum atomic E-state index is 8.60. The minimum Gasteiger partial charge on any atom is -0.396 e. The minimum absolute atomic E-state index is 0.338. The molecule has 0 saturated heterocycles. The van der Waals surface area contributed by atoms with Gasteiger partial charge in [0.05, 0.1) is 0 Å². The molecule has 1 nitrogen and oxygen atoms in total. The molecule has 94 valence electrons. The van der Waals surface area contributed by atoms with Crippen molar-refractivity contribution in [2.24, 2.45) is 0 Å². The number of hydrogen-bond donors (Lipinski definition) is 1. The summed E-state index contributed by atoms with van der Waals surface area (Å²) in [7, 11) is 0. The van der Waals surface area contributed by atoms with Crippen molar-refractivity contribution in [3.05, 3.63) is 24.3 Å². The highest BCUT2D eigenvalue weighted by molar-refractivity contribution is 4.92. The summed E-state index contributed by atoms with van der Waals surface area (Å²) < 4.78 is 0. The summed E-state index contributed by atoms with van der Waals surface area (Å²) in [6.07, 6.45) is 19.8. The van der Waals surface area contributed by atoms with Gasteiger partial charge in [-0.05, 0) is 38.5 Å². The highest BCUT2D eigenvalue weighted by Crippen LogP contribution is 2.02. The first-order valence-corrected chi connectivity index (χ1v) is 6.82. The van der Waals surface area contributed by atoms with Crippen LogP contribution in [0.4, 0.5) is 0 Å². The van der Waals surface area contributed by atoms with Crippen LogP contribution in [-0.4, -0.2) is 11.7 Å². The summed E-state index contributed by atoms with van der Waals surface area (Å²) in [5, 5.41) is 8.60. The molecule has 0 fully saturated rings. The normalized spacial score (nSPS) is 11.9. The monoisotopic (exact) mass is 224 g/mol. The Bertz CT molecular complexity index is 170. The molecule has 0 aromatic carbocycles. The Morgan fingerprint density at radius 3 is 1.94 bits per heavy atom. The zero-order chi connectivity index (χ0) is 11.9. The highest BCUT2D eigenvalue weighted by Gasteiger charge is 1.84. The molecule has 0 aromatic rings. The summed E-state index contributed by atoms with van der Waals surface area (Å²) in [6.45, 7) is 2.58. The molecule has 0 heterocycles. The molecule has 0 rings (SSSR count). The Hall–Kier alpha value is -0.560. The zero-order valence-corrected chi connectivity index (χ0v) is 10.8. The van der Waals surface area contributed by atoms with Crippen LogP contribution in [0.25, 0.3) is 0 Å². The van der Waals surface area contributed by atoms with Crippen molar-refractivity contribution in [1.82, 2.24) is 0 Å². The van der Waals surface area contributed by atoms with Crippen molar-refractivity contribution >= 4 is 0 Å². The summed E-state index contributed by atoms with van der Waals surface area (Å²) in [5.41, 5.74) is 0. The lowest BCUT2D eigenvalue weighted by Crippen LogP contribution is -1.81. The van der Waals surface area contributed by atoms with E-state index in [2.05, 4.69) is 31.2 Å². The van der Waals surface area contributed by atoms with Crippen molar-refractivity contribution < 1.29 is 5.11 Å². The Balaban J connectivity index is 3.14. The lowest BCUT2D eigenvalue weighted by atomic mass is 10.1. The van der Waals surface area contributed by atoms with Gasteiger partial charge in [-0.2, -0.15) is 0 Å².